The highest BCUT2D eigenvalue weighted by Crippen LogP contribution is 2.26. The number of hydrogen-bond acceptors (Lipinski definition) is 4. The molecule has 0 aliphatic carbocycles. The van der Waals surface area contributed by atoms with Crippen LogP contribution < -0.4 is 0 Å². The van der Waals surface area contributed by atoms with Gasteiger partial charge in [0.05, 0.1) is 5.70 Å². The van der Waals surface area contributed by atoms with Crippen molar-refractivity contribution in [1.82, 2.24) is 9.21 Å². The first kappa shape index (κ1) is 11.6. The van der Waals surface area contributed by atoms with Crippen molar-refractivity contribution in [2.24, 2.45) is 4.40 Å². The molecule has 2 aliphatic rings. The minimum Gasteiger partial charge on any atom is -0.480 e. The number of carboxylic acid groups (broad SMARTS) is 1. The third-order valence-corrected chi connectivity index (χ3v) is 3.78. The second kappa shape index (κ2) is 3.88. The fourth-order valence-corrected chi connectivity index (χ4v) is 2.95. The first-order valence-electron chi connectivity index (χ1n) is 4.95. The van der Waals surface area contributed by atoms with Gasteiger partial charge in [-0.3, -0.25) is 4.79 Å². The van der Waals surface area contributed by atoms with Gasteiger partial charge in [-0.1, -0.05) is 0 Å². The van der Waals surface area contributed by atoms with Crippen LogP contribution in [0.1, 0.15) is 6.92 Å². The molecule has 17 heavy (non-hydrogen) atoms. The van der Waals surface area contributed by atoms with Crippen LogP contribution in [-0.4, -0.2) is 47.6 Å². The summed E-state index contributed by atoms with van der Waals surface area (Å²) in [6.45, 7) is 1.63. The molecule has 0 aromatic carbocycles. The van der Waals surface area contributed by atoms with Gasteiger partial charge in [-0.05, 0) is 19.1 Å². The Balaban J connectivity index is 2.41. The molecule has 2 heterocycles. The Morgan fingerprint density at radius 3 is 2.82 bits per heavy atom. The third-order valence-electron chi connectivity index (χ3n) is 2.36. The number of allylic oxidation sites excluding steroid dienone is 2. The molecule has 92 valence electrons. The summed E-state index contributed by atoms with van der Waals surface area (Å²) in [7, 11) is -3.71. The first-order chi connectivity index (χ1) is 7.95. The lowest BCUT2D eigenvalue weighted by molar-refractivity contribution is -0.136. The molecule has 0 aromatic rings. The maximum absolute atomic E-state index is 11.7. The van der Waals surface area contributed by atoms with Crippen LogP contribution in [0.2, 0.25) is 0 Å². The molecule has 0 fully saturated rings. The van der Waals surface area contributed by atoms with Gasteiger partial charge in [0.1, 0.15) is 6.54 Å². The number of hydrogen-bond donors (Lipinski definition) is 1. The van der Waals surface area contributed by atoms with Gasteiger partial charge in [-0.15, -0.1) is 4.40 Å². The quantitative estimate of drug-likeness (QED) is 0.753. The van der Waals surface area contributed by atoms with E-state index in [2.05, 4.69) is 4.40 Å². The van der Waals surface area contributed by atoms with E-state index in [0.29, 0.717) is 5.70 Å². The SMILES string of the molecule is CCN1C2=CC=CN(CC(=O)O)C2=NS1(=O)=O. The lowest BCUT2D eigenvalue weighted by Gasteiger charge is -2.23. The largest absolute Gasteiger partial charge is 0.480 e. The molecule has 7 nitrogen and oxygen atoms in total. The molecule has 2 rings (SSSR count). The zero-order chi connectivity index (χ0) is 12.6. The number of fused-ring (bicyclic) bond motifs is 1. The minimum absolute atomic E-state index is 0.164. The van der Waals surface area contributed by atoms with Gasteiger partial charge in [-0.2, -0.15) is 8.42 Å². The van der Waals surface area contributed by atoms with E-state index in [9.17, 15) is 13.2 Å². The topological polar surface area (TPSA) is 90.3 Å². The average Bonchev–Trinajstić information content (AvgIpc) is 2.48. The van der Waals surface area contributed by atoms with Crippen LogP contribution in [0.3, 0.4) is 0 Å². The monoisotopic (exact) mass is 257 g/mol. The number of amidine groups is 1. The zero-order valence-corrected chi connectivity index (χ0v) is 9.88. The number of likely N-dealkylation sites (N-methyl/N-ethyl adjacent to an activating group) is 1. The van der Waals surface area contributed by atoms with Crippen molar-refractivity contribution in [3.8, 4) is 0 Å². The number of carboxylic acids is 1. The van der Waals surface area contributed by atoms with Crippen LogP contribution in [0.25, 0.3) is 0 Å². The van der Waals surface area contributed by atoms with Gasteiger partial charge in [0.25, 0.3) is 0 Å². The molecule has 1 N–H and O–H groups in total. The molecule has 0 spiro atoms. The Morgan fingerprint density at radius 1 is 1.53 bits per heavy atom. The van der Waals surface area contributed by atoms with Crippen molar-refractivity contribution in [3.05, 3.63) is 24.0 Å². The smallest absolute Gasteiger partial charge is 0.346 e. The van der Waals surface area contributed by atoms with Gasteiger partial charge >= 0.3 is 16.2 Å². The van der Waals surface area contributed by atoms with E-state index < -0.39 is 16.2 Å². The summed E-state index contributed by atoms with van der Waals surface area (Å²) < 4.78 is 28.1. The summed E-state index contributed by atoms with van der Waals surface area (Å²) in [5.41, 5.74) is 0.413. The van der Waals surface area contributed by atoms with E-state index in [0.717, 1.165) is 4.31 Å². The molecule has 0 saturated carbocycles. The Labute approximate surface area is 98.5 Å². The second-order valence-corrected chi connectivity index (χ2v) is 4.99. The van der Waals surface area contributed by atoms with Gasteiger partial charge < -0.3 is 10.0 Å². The molecule has 8 heteroatoms. The van der Waals surface area contributed by atoms with Gasteiger partial charge in [0.15, 0.2) is 5.84 Å². The first-order valence-corrected chi connectivity index (χ1v) is 6.35. The van der Waals surface area contributed by atoms with Crippen molar-refractivity contribution >= 4 is 22.0 Å². The zero-order valence-electron chi connectivity index (χ0n) is 9.07. The molecule has 0 saturated heterocycles. The van der Waals surface area contributed by atoms with E-state index in [1.165, 1.54) is 11.1 Å². The highest BCUT2D eigenvalue weighted by atomic mass is 32.2. The summed E-state index contributed by atoms with van der Waals surface area (Å²) >= 11 is 0. The Bertz CT molecular complexity index is 547. The van der Waals surface area contributed by atoms with E-state index in [4.69, 9.17) is 5.11 Å². The van der Waals surface area contributed by atoms with E-state index >= 15 is 0 Å². The summed E-state index contributed by atoms with van der Waals surface area (Å²) in [5, 5.41) is 8.73. The summed E-state index contributed by atoms with van der Waals surface area (Å²) in [4.78, 5) is 12.0. The lowest BCUT2D eigenvalue weighted by Crippen LogP contribution is -2.35. The van der Waals surface area contributed by atoms with Gasteiger partial charge in [-0.25, -0.2) is 4.31 Å². The molecular formula is C9H11N3O4S. The third kappa shape index (κ3) is 1.91. The van der Waals surface area contributed by atoms with Crippen molar-refractivity contribution in [2.45, 2.75) is 6.92 Å². The summed E-state index contributed by atoms with van der Waals surface area (Å²) in [6, 6.07) is 0. The Morgan fingerprint density at radius 2 is 2.24 bits per heavy atom. The number of rotatable bonds is 3. The van der Waals surface area contributed by atoms with E-state index in [1.54, 1.807) is 19.1 Å². The lowest BCUT2D eigenvalue weighted by atomic mass is 10.2. The predicted octanol–water partition coefficient (Wildman–Crippen LogP) is -0.237. The highest BCUT2D eigenvalue weighted by Gasteiger charge is 2.37. The molecule has 0 radical (unpaired) electrons. The average molecular weight is 257 g/mol. The van der Waals surface area contributed by atoms with E-state index in [1.807, 2.05) is 0 Å². The fourth-order valence-electron chi connectivity index (χ4n) is 1.71. The van der Waals surface area contributed by atoms with Crippen molar-refractivity contribution in [3.63, 3.8) is 0 Å². The summed E-state index contributed by atoms with van der Waals surface area (Å²) in [5.74, 6) is -0.886. The maximum atomic E-state index is 11.7. The van der Waals surface area contributed by atoms with Crippen molar-refractivity contribution < 1.29 is 18.3 Å². The van der Waals surface area contributed by atoms with Crippen LogP contribution in [-0.2, 0) is 15.0 Å². The van der Waals surface area contributed by atoms with Crippen molar-refractivity contribution in [2.75, 3.05) is 13.1 Å². The van der Waals surface area contributed by atoms with Crippen LogP contribution in [0.5, 0.6) is 0 Å². The molecule has 0 atom stereocenters. The molecular weight excluding hydrogens is 246 g/mol. The fraction of sp³-hybridized carbons (Fsp3) is 0.333. The Kier molecular flexibility index (Phi) is 2.66. The van der Waals surface area contributed by atoms with Crippen LogP contribution in [0, 0.1) is 0 Å². The van der Waals surface area contributed by atoms with Gasteiger partial charge in [0.2, 0.25) is 0 Å². The second-order valence-electron chi connectivity index (χ2n) is 3.47. The van der Waals surface area contributed by atoms with Crippen LogP contribution in [0.4, 0.5) is 0 Å². The molecule has 0 amide bonds. The minimum atomic E-state index is -3.71. The maximum Gasteiger partial charge on any atom is 0.346 e. The molecule has 2 aliphatic heterocycles. The molecule has 0 unspecified atom stereocenters. The molecule has 0 bridgehead atoms. The van der Waals surface area contributed by atoms with E-state index in [-0.39, 0.29) is 18.9 Å². The van der Waals surface area contributed by atoms with Crippen LogP contribution in [0.15, 0.2) is 28.4 Å². The van der Waals surface area contributed by atoms with Crippen LogP contribution >= 0.6 is 0 Å². The molecule has 0 aromatic heterocycles. The number of nitrogens with zero attached hydrogens (tertiary/aromatic N) is 3. The summed E-state index contributed by atoms with van der Waals surface area (Å²) in [6.07, 6.45) is 4.69. The standard InChI is InChI=1S/C9H11N3O4S/c1-2-12-7-4-3-5-11(6-8(13)14)9(7)10-17(12,15)16/h3-5H,2,6H2,1H3,(H,13,14). The van der Waals surface area contributed by atoms with Crippen molar-refractivity contribution in [1.29, 1.82) is 0 Å². The normalized spacial score (nSPS) is 21.0. The Hall–Kier alpha value is -1.83. The number of aliphatic carboxylic acids is 1. The van der Waals surface area contributed by atoms with Gasteiger partial charge in [0, 0.05) is 12.7 Å². The predicted molar refractivity (Wildman–Crippen MR) is 60.3 cm³/mol. The number of carbonyl (C=O) groups is 1. The highest BCUT2D eigenvalue weighted by molar-refractivity contribution is 7.88.